The van der Waals surface area contributed by atoms with Crippen LogP contribution in [-0.2, 0) is 9.59 Å². The van der Waals surface area contributed by atoms with Crippen LogP contribution in [0.3, 0.4) is 0 Å². The minimum Gasteiger partial charge on any atom is -0.502 e. The Bertz CT molecular complexity index is 2460. The normalized spacial score (nSPS) is 14.9. The van der Waals surface area contributed by atoms with Gasteiger partial charge in [0.1, 0.15) is 34.8 Å². The van der Waals surface area contributed by atoms with Crippen molar-refractivity contribution < 1.29 is 37.6 Å². The summed E-state index contributed by atoms with van der Waals surface area (Å²) in [5, 5.41) is 14.1. The van der Waals surface area contributed by atoms with E-state index in [1.54, 1.807) is 32.8 Å². The molecule has 0 aromatic carbocycles. The Kier molecular flexibility index (Phi) is 35.1. The topological polar surface area (TPSA) is 201 Å². The number of aromatic nitrogens is 1. The van der Waals surface area contributed by atoms with Crippen molar-refractivity contribution in [3.63, 3.8) is 0 Å². The van der Waals surface area contributed by atoms with Crippen molar-refractivity contribution >= 4 is 92.9 Å². The molecule has 0 aliphatic carbocycles. The molecule has 0 saturated carbocycles. The zero-order chi connectivity index (χ0) is 60.9. The van der Waals surface area contributed by atoms with Crippen molar-refractivity contribution in [2.24, 2.45) is 0 Å². The molecule has 81 heavy (non-hydrogen) atoms. The molecular weight excluding hydrogens is 1110 g/mol. The average molecular weight is 1210 g/mol. The highest BCUT2D eigenvalue weighted by Crippen LogP contribution is 2.19. The third kappa shape index (κ3) is 22.6. The van der Waals surface area contributed by atoms with Gasteiger partial charge in [-0.1, -0.05) is 86.0 Å². The lowest BCUT2D eigenvalue weighted by molar-refractivity contribution is -0.127. The Morgan fingerprint density at radius 2 is 0.926 bits per heavy atom. The van der Waals surface area contributed by atoms with Crippen LogP contribution in [0.15, 0.2) is 54.1 Å². The number of thiocarbonyl (C=S) groups is 4. The number of rotatable bonds is 11. The van der Waals surface area contributed by atoms with E-state index >= 15 is 0 Å². The Hall–Kier alpha value is -5.65. The molecule has 0 bridgehead atoms. The largest absolute Gasteiger partial charge is 0.502 e. The van der Waals surface area contributed by atoms with Crippen LogP contribution < -0.4 is 10.9 Å². The molecule has 3 aromatic heterocycles. The molecule has 19 nitrogen and oxygen atoms in total. The summed E-state index contributed by atoms with van der Waals surface area (Å²) in [5.41, 5.74) is 3.35. The first-order valence-electron chi connectivity index (χ1n) is 27.0. The van der Waals surface area contributed by atoms with E-state index in [1.807, 2.05) is 107 Å². The van der Waals surface area contributed by atoms with E-state index in [9.17, 15) is 28.8 Å². The number of nitrogens with zero attached hydrogens (tertiary/aromatic N) is 9. The summed E-state index contributed by atoms with van der Waals surface area (Å²) >= 11 is 20.8. The van der Waals surface area contributed by atoms with Gasteiger partial charge in [0.25, 0.3) is 5.91 Å². The first kappa shape index (κ1) is 77.4. The number of carbonyl (C=O) groups excluding carboxylic acids is 4. The molecule has 4 fully saturated rings. The summed E-state index contributed by atoms with van der Waals surface area (Å²) in [6, 6.07) is 1.93. The average Bonchev–Trinajstić information content (AvgIpc) is 4.16. The molecule has 23 heteroatoms. The maximum atomic E-state index is 11.6. The third-order valence-electron chi connectivity index (χ3n) is 12.4. The van der Waals surface area contributed by atoms with Gasteiger partial charge in [0, 0.05) is 79.0 Å². The molecule has 1 N–H and O–H groups in total. The monoisotopic (exact) mass is 1210 g/mol. The summed E-state index contributed by atoms with van der Waals surface area (Å²) in [4.78, 5) is 83.6. The number of urea groups is 2. The standard InChI is InChI=1S/C9H12O2.C8H14N2O2.2C8H14N2OS.C8H14N2S2.C8H10O3.C7H11NO.2CH4/c1-6(2)8-5-11-4-7(3)9(8)10;1-4-9-5-7(11)10(6(2)3)8(9)12;1-4-9-5-7(12)10(6(2)3)8(9)11;2*1-4-9-5-7(11)10(6(2)3)8(9)12;1-5(2)8-3-6(9)7(10)4-11-8;1-5(2)7-4-9-8-6(7)3;;/h4-6H,1-3H3;4*6H,4-5H2,1-3H3;3-5,10H,1-2H3;4-5H,1-3H3;2*1H4. The number of hydrogen-bond donors (Lipinski definition) is 1. The molecule has 0 unspecified atom stereocenters. The molecule has 4 saturated heterocycles. The summed E-state index contributed by atoms with van der Waals surface area (Å²) in [6.45, 7) is 44.7. The van der Waals surface area contributed by atoms with Gasteiger partial charge in [-0.25, -0.2) is 9.59 Å². The molecule has 4 aliphatic rings. The van der Waals surface area contributed by atoms with E-state index in [1.165, 1.54) is 29.1 Å². The minimum absolute atomic E-state index is 0. The quantitative estimate of drug-likeness (QED) is 0.140. The lowest BCUT2D eigenvalue weighted by Crippen LogP contribution is -2.37. The first-order valence-corrected chi connectivity index (χ1v) is 28.6. The number of aryl methyl sites for hydroxylation is 2. The molecule has 7 rings (SSSR count). The van der Waals surface area contributed by atoms with E-state index in [4.69, 9.17) is 67.3 Å². The molecule has 0 spiro atoms. The molecule has 7 heterocycles. The summed E-state index contributed by atoms with van der Waals surface area (Å²) < 4.78 is 14.7. The summed E-state index contributed by atoms with van der Waals surface area (Å²) in [5.74, 6) is 1.22. The SMILES string of the molecule is C.C.CC(C)c1cc(=O)c(O)co1.CCN1CC(=O)N(C(C)C)C1=O.CCN1CC(=O)N(C(C)C)C1=S.CCN1CC(=S)N(C(C)C)C1=O.CCN1CC(=S)N(C(C)C)C1=S.Cc1cocc(C(C)C)c1=O.Cc1nocc1C(C)C. The maximum Gasteiger partial charge on any atom is 0.327 e. The molecule has 0 radical (unpaired) electrons. The molecule has 0 atom stereocenters. The second-order valence-corrected chi connectivity index (χ2v) is 22.5. The highest BCUT2D eigenvalue weighted by molar-refractivity contribution is 7.82. The number of amides is 6. The second-order valence-electron chi connectivity index (χ2n) is 20.8. The number of imide groups is 1. The van der Waals surface area contributed by atoms with Crippen LogP contribution in [0.25, 0.3) is 0 Å². The zero-order valence-electron chi connectivity index (χ0n) is 50.4. The van der Waals surface area contributed by atoms with Crippen molar-refractivity contribution in [2.45, 2.75) is 195 Å². The number of carbonyl (C=O) groups is 4. The number of hydrogen-bond acceptors (Lipinski definition) is 15. The van der Waals surface area contributed by atoms with E-state index < -0.39 is 0 Å². The van der Waals surface area contributed by atoms with E-state index in [0.717, 1.165) is 58.8 Å². The predicted molar refractivity (Wildman–Crippen MR) is 341 cm³/mol. The smallest absolute Gasteiger partial charge is 0.327 e. The third-order valence-corrected chi connectivity index (χ3v) is 13.9. The predicted octanol–water partition coefficient (Wildman–Crippen LogP) is 11.6. The van der Waals surface area contributed by atoms with Crippen LogP contribution in [0.2, 0.25) is 0 Å². The lowest BCUT2D eigenvalue weighted by atomic mass is 10.0. The van der Waals surface area contributed by atoms with Crippen LogP contribution in [0.4, 0.5) is 9.59 Å². The summed E-state index contributed by atoms with van der Waals surface area (Å²) in [6.07, 6.45) is 5.78. The van der Waals surface area contributed by atoms with Gasteiger partial charge in [0.05, 0.1) is 37.9 Å². The second kappa shape index (κ2) is 36.7. The Labute approximate surface area is 505 Å². The van der Waals surface area contributed by atoms with Crippen molar-refractivity contribution in [1.29, 1.82) is 0 Å². The van der Waals surface area contributed by atoms with E-state index in [-0.39, 0.29) is 91.8 Å². The molecule has 458 valence electrons. The lowest BCUT2D eigenvalue weighted by Gasteiger charge is -2.23. The highest BCUT2D eigenvalue weighted by atomic mass is 32.1. The van der Waals surface area contributed by atoms with Gasteiger partial charge in [-0.2, -0.15) is 0 Å². The molecule has 6 amide bonds. The van der Waals surface area contributed by atoms with Gasteiger partial charge in [-0.3, -0.25) is 33.9 Å². The highest BCUT2D eigenvalue weighted by Gasteiger charge is 2.37. The zero-order valence-corrected chi connectivity index (χ0v) is 53.6. The van der Waals surface area contributed by atoms with Gasteiger partial charge in [0.2, 0.25) is 11.3 Å². The van der Waals surface area contributed by atoms with Crippen LogP contribution in [0.1, 0.15) is 185 Å². The van der Waals surface area contributed by atoms with E-state index in [0.29, 0.717) is 48.0 Å². The Morgan fingerprint density at radius 1 is 0.519 bits per heavy atom. The van der Waals surface area contributed by atoms with Crippen LogP contribution >= 0.6 is 48.9 Å². The fraction of sp³-hybridized carbons (Fsp3) is 0.638. The van der Waals surface area contributed by atoms with Crippen LogP contribution in [0.5, 0.6) is 5.75 Å². The van der Waals surface area contributed by atoms with Crippen molar-refractivity contribution in [3.05, 3.63) is 79.7 Å². The van der Waals surface area contributed by atoms with Gasteiger partial charge in [-0.05, 0) is 133 Å². The minimum atomic E-state index is -0.389. The van der Waals surface area contributed by atoms with Gasteiger partial charge in [0.15, 0.2) is 21.4 Å². The number of aromatic hydroxyl groups is 1. The first-order chi connectivity index (χ1) is 36.7. The van der Waals surface area contributed by atoms with Crippen molar-refractivity contribution in [3.8, 4) is 5.75 Å². The Balaban J connectivity index is 0. The van der Waals surface area contributed by atoms with Crippen LogP contribution in [-0.4, -0.2) is 170 Å². The van der Waals surface area contributed by atoms with Gasteiger partial charge in [-0.15, -0.1) is 0 Å². The van der Waals surface area contributed by atoms with E-state index in [2.05, 4.69) is 44.7 Å². The van der Waals surface area contributed by atoms with Crippen molar-refractivity contribution in [1.82, 2.24) is 44.4 Å². The fourth-order valence-corrected chi connectivity index (χ4v) is 9.78. The van der Waals surface area contributed by atoms with Crippen LogP contribution in [0, 0.1) is 13.8 Å². The fourth-order valence-electron chi connectivity index (χ4n) is 7.81. The molecule has 4 aliphatic heterocycles. The Morgan fingerprint density at radius 3 is 1.22 bits per heavy atom. The van der Waals surface area contributed by atoms with Gasteiger partial charge < -0.3 is 43.0 Å². The maximum absolute atomic E-state index is 11.6. The molecular formula is C58H97N9O10S4. The number of likely N-dealkylation sites (N-methyl/N-ethyl adjacent to an activating group) is 4. The molecule has 3 aromatic rings. The van der Waals surface area contributed by atoms with Gasteiger partial charge >= 0.3 is 12.1 Å². The summed E-state index contributed by atoms with van der Waals surface area (Å²) in [7, 11) is 0. The van der Waals surface area contributed by atoms with Crippen molar-refractivity contribution in [2.75, 3.05) is 52.4 Å².